The maximum absolute atomic E-state index is 10.7. The van der Waals surface area contributed by atoms with Gasteiger partial charge in [0, 0.05) is 5.57 Å². The minimum Gasteiger partial charge on any atom is -0.478 e. The lowest BCUT2D eigenvalue weighted by Gasteiger charge is -2.15. The van der Waals surface area contributed by atoms with Crippen molar-refractivity contribution in [2.24, 2.45) is 0 Å². The summed E-state index contributed by atoms with van der Waals surface area (Å²) in [5, 5.41) is 8.80. The summed E-state index contributed by atoms with van der Waals surface area (Å²) in [5.41, 5.74) is 0.372. The van der Waals surface area contributed by atoms with Crippen molar-refractivity contribution in [3.63, 3.8) is 0 Å². The van der Waals surface area contributed by atoms with Crippen LogP contribution in [-0.2, 0) is 14.3 Å². The van der Waals surface area contributed by atoms with E-state index in [0.29, 0.717) is 18.6 Å². The van der Waals surface area contributed by atoms with Crippen LogP contribution in [0.25, 0.3) is 0 Å². The van der Waals surface area contributed by atoms with E-state index >= 15 is 0 Å². The maximum Gasteiger partial charge on any atom is 0.331 e. The van der Waals surface area contributed by atoms with Gasteiger partial charge in [-0.1, -0.05) is 6.92 Å². The molecule has 1 aliphatic heterocycles. The van der Waals surface area contributed by atoms with Crippen molar-refractivity contribution in [1.82, 2.24) is 0 Å². The smallest absolute Gasteiger partial charge is 0.331 e. The molecule has 1 unspecified atom stereocenters. The Kier molecular flexibility index (Phi) is 3.29. The molecule has 1 fully saturated rings. The van der Waals surface area contributed by atoms with E-state index in [1.165, 1.54) is 0 Å². The molecule has 0 spiro atoms. The second-order valence-electron chi connectivity index (χ2n) is 3.72. The molecule has 1 rings (SSSR count). The van der Waals surface area contributed by atoms with Crippen molar-refractivity contribution < 1.29 is 19.4 Å². The van der Waals surface area contributed by atoms with Crippen molar-refractivity contribution in [3.8, 4) is 0 Å². The molecular weight excluding hydrogens is 184 g/mol. The molecule has 0 bridgehead atoms. The fourth-order valence-electron chi connectivity index (χ4n) is 1.36. The van der Waals surface area contributed by atoms with E-state index in [2.05, 4.69) is 0 Å². The highest BCUT2D eigenvalue weighted by Crippen LogP contribution is 2.23. The van der Waals surface area contributed by atoms with E-state index < -0.39 is 11.8 Å². The summed E-state index contributed by atoms with van der Waals surface area (Å²) in [6, 6.07) is 0. The van der Waals surface area contributed by atoms with Crippen LogP contribution in [0.2, 0.25) is 0 Å². The first-order valence-corrected chi connectivity index (χ1v) is 4.70. The molecule has 0 aromatic carbocycles. The third kappa shape index (κ3) is 2.82. The van der Waals surface area contributed by atoms with Crippen molar-refractivity contribution in [3.05, 3.63) is 11.6 Å². The number of carboxylic acid groups (broad SMARTS) is 1. The zero-order valence-corrected chi connectivity index (χ0v) is 8.74. The first-order valence-electron chi connectivity index (χ1n) is 4.70. The molecular formula is C10H16O4. The van der Waals surface area contributed by atoms with Gasteiger partial charge in [0.25, 0.3) is 0 Å². The Morgan fingerprint density at radius 3 is 2.64 bits per heavy atom. The molecule has 0 radical (unpaired) electrons. The van der Waals surface area contributed by atoms with Gasteiger partial charge in [-0.2, -0.15) is 0 Å². The van der Waals surface area contributed by atoms with E-state index in [1.54, 1.807) is 13.0 Å². The molecule has 0 aliphatic carbocycles. The summed E-state index contributed by atoms with van der Waals surface area (Å²) in [6.45, 7) is 5.85. The SMILES string of the molecule is CCC(=CC1COC(C)(C)O1)C(=O)O. The molecule has 1 saturated heterocycles. The van der Waals surface area contributed by atoms with Crippen LogP contribution in [0.5, 0.6) is 0 Å². The monoisotopic (exact) mass is 200 g/mol. The van der Waals surface area contributed by atoms with E-state index in [4.69, 9.17) is 14.6 Å². The molecule has 1 aliphatic rings. The molecule has 4 heteroatoms. The summed E-state index contributed by atoms with van der Waals surface area (Å²) in [7, 11) is 0. The van der Waals surface area contributed by atoms with Gasteiger partial charge in [-0.15, -0.1) is 0 Å². The summed E-state index contributed by atoms with van der Waals surface area (Å²) in [6.07, 6.45) is 1.88. The Hall–Kier alpha value is -0.870. The van der Waals surface area contributed by atoms with Crippen LogP contribution >= 0.6 is 0 Å². The number of carboxylic acids is 1. The van der Waals surface area contributed by atoms with Crippen LogP contribution in [0, 0.1) is 0 Å². The summed E-state index contributed by atoms with van der Waals surface area (Å²) in [4.78, 5) is 10.7. The van der Waals surface area contributed by atoms with Crippen LogP contribution in [0.4, 0.5) is 0 Å². The minimum absolute atomic E-state index is 0.240. The Bertz CT molecular complexity index is 255. The zero-order chi connectivity index (χ0) is 10.8. The highest BCUT2D eigenvalue weighted by Gasteiger charge is 2.31. The van der Waals surface area contributed by atoms with E-state index in [1.807, 2.05) is 13.8 Å². The number of ether oxygens (including phenoxy) is 2. The lowest BCUT2D eigenvalue weighted by atomic mass is 10.1. The van der Waals surface area contributed by atoms with Crippen molar-refractivity contribution in [2.75, 3.05) is 6.61 Å². The molecule has 0 aromatic heterocycles. The fourth-order valence-corrected chi connectivity index (χ4v) is 1.36. The van der Waals surface area contributed by atoms with E-state index in [0.717, 1.165) is 0 Å². The normalized spacial score (nSPS) is 26.5. The number of rotatable bonds is 3. The number of hydrogen-bond acceptors (Lipinski definition) is 3. The Morgan fingerprint density at radius 1 is 1.64 bits per heavy atom. The van der Waals surface area contributed by atoms with Gasteiger partial charge < -0.3 is 14.6 Å². The third-order valence-corrected chi connectivity index (χ3v) is 2.07. The van der Waals surface area contributed by atoms with E-state index in [9.17, 15) is 4.79 Å². The summed E-state index contributed by atoms with van der Waals surface area (Å²) in [5.74, 6) is -1.49. The number of aliphatic carboxylic acids is 1. The maximum atomic E-state index is 10.7. The van der Waals surface area contributed by atoms with Gasteiger partial charge in [-0.25, -0.2) is 4.79 Å². The third-order valence-electron chi connectivity index (χ3n) is 2.07. The average Bonchev–Trinajstić information content (AvgIpc) is 2.41. The Labute approximate surface area is 83.5 Å². The Morgan fingerprint density at radius 2 is 2.29 bits per heavy atom. The number of hydrogen-bond donors (Lipinski definition) is 1. The molecule has 1 N–H and O–H groups in total. The van der Waals surface area contributed by atoms with Crippen LogP contribution in [0.1, 0.15) is 27.2 Å². The molecule has 0 aromatic rings. The predicted molar refractivity (Wildman–Crippen MR) is 50.9 cm³/mol. The quantitative estimate of drug-likeness (QED) is 0.702. The van der Waals surface area contributed by atoms with Gasteiger partial charge in [0.1, 0.15) is 6.10 Å². The second kappa shape index (κ2) is 4.11. The molecule has 14 heavy (non-hydrogen) atoms. The fraction of sp³-hybridized carbons (Fsp3) is 0.700. The van der Waals surface area contributed by atoms with Gasteiger partial charge >= 0.3 is 5.97 Å². The van der Waals surface area contributed by atoms with Crippen LogP contribution in [0.15, 0.2) is 11.6 Å². The molecule has 1 atom stereocenters. The van der Waals surface area contributed by atoms with Gasteiger partial charge in [0.2, 0.25) is 0 Å². The van der Waals surface area contributed by atoms with Gasteiger partial charge in [0.15, 0.2) is 5.79 Å². The van der Waals surface area contributed by atoms with Crippen LogP contribution in [-0.4, -0.2) is 29.6 Å². The van der Waals surface area contributed by atoms with Gasteiger partial charge in [-0.05, 0) is 26.3 Å². The summed E-state index contributed by atoms with van der Waals surface area (Å²) >= 11 is 0. The van der Waals surface area contributed by atoms with Crippen molar-refractivity contribution in [2.45, 2.75) is 39.1 Å². The highest BCUT2D eigenvalue weighted by molar-refractivity contribution is 5.86. The first-order chi connectivity index (χ1) is 6.44. The average molecular weight is 200 g/mol. The van der Waals surface area contributed by atoms with Crippen molar-refractivity contribution >= 4 is 5.97 Å². The zero-order valence-electron chi connectivity index (χ0n) is 8.74. The van der Waals surface area contributed by atoms with Crippen LogP contribution < -0.4 is 0 Å². The Balaban J connectivity index is 2.64. The topological polar surface area (TPSA) is 55.8 Å². The lowest BCUT2D eigenvalue weighted by Crippen LogP contribution is -2.21. The lowest BCUT2D eigenvalue weighted by molar-refractivity contribution is -0.135. The molecule has 0 saturated carbocycles. The minimum atomic E-state index is -0.888. The van der Waals surface area contributed by atoms with Crippen LogP contribution in [0.3, 0.4) is 0 Å². The molecule has 4 nitrogen and oxygen atoms in total. The molecule has 80 valence electrons. The standard InChI is InChI=1S/C10H16O4/c1-4-7(9(11)12)5-8-6-13-10(2,3)14-8/h5,8H,4,6H2,1-3H3,(H,11,12). The second-order valence-corrected chi connectivity index (χ2v) is 3.72. The predicted octanol–water partition coefficient (Wildman–Crippen LogP) is 1.56. The van der Waals surface area contributed by atoms with Crippen molar-refractivity contribution in [1.29, 1.82) is 0 Å². The van der Waals surface area contributed by atoms with Gasteiger partial charge in [0.05, 0.1) is 6.61 Å². The van der Waals surface area contributed by atoms with E-state index in [-0.39, 0.29) is 6.10 Å². The highest BCUT2D eigenvalue weighted by atomic mass is 16.7. The molecule has 1 heterocycles. The van der Waals surface area contributed by atoms with Gasteiger partial charge in [-0.3, -0.25) is 0 Å². The number of carbonyl (C=O) groups is 1. The largest absolute Gasteiger partial charge is 0.478 e. The summed E-state index contributed by atoms with van der Waals surface area (Å²) < 4.78 is 10.8. The first kappa shape index (κ1) is 11.2. The molecule has 0 amide bonds.